The molecule has 214 valence electrons. The summed E-state index contributed by atoms with van der Waals surface area (Å²) in [5.41, 5.74) is 3.62. The van der Waals surface area contributed by atoms with Crippen LogP contribution in [0.15, 0.2) is 60.7 Å². The molecule has 4 nitrogen and oxygen atoms in total. The summed E-state index contributed by atoms with van der Waals surface area (Å²) in [5, 5.41) is 19.4. The van der Waals surface area contributed by atoms with Gasteiger partial charge in [0.15, 0.2) is 5.82 Å². The molecule has 1 unspecified atom stereocenters. The van der Waals surface area contributed by atoms with Crippen molar-refractivity contribution >= 4 is 51.4 Å². The zero-order valence-corrected chi connectivity index (χ0v) is 24.7. The molecule has 2 N–H and O–H groups in total. The van der Waals surface area contributed by atoms with E-state index in [1.807, 2.05) is 48.2 Å². The minimum atomic E-state index is -0.946. The third kappa shape index (κ3) is 7.23. The topological polar surface area (TPSA) is 70.4 Å². The van der Waals surface area contributed by atoms with Crippen LogP contribution in [0.1, 0.15) is 72.7 Å². The van der Waals surface area contributed by atoms with E-state index in [1.165, 1.54) is 0 Å². The highest BCUT2D eigenvalue weighted by atomic mass is 32.2. The maximum atomic E-state index is 14.1. The highest BCUT2D eigenvalue weighted by molar-refractivity contribution is 7.99. The molecule has 0 spiro atoms. The van der Waals surface area contributed by atoms with E-state index in [9.17, 15) is 23.8 Å². The molecule has 1 aliphatic rings. The van der Waals surface area contributed by atoms with Crippen LogP contribution in [0.4, 0.5) is 8.78 Å². The van der Waals surface area contributed by atoms with Crippen molar-refractivity contribution in [3.8, 4) is 0 Å². The standard InChI is InChI=1S/C33H33F2NO3S2/c1-32(2,39)25-9-4-3-7-22(25)11-14-26(40-20-33(16-17-33)19-28(37)38)23-8-5-6-21(18-23)10-12-24-13-15-27-30(36-24)29(34)31(35)41-27/h3-10,12-13,15,18,26,39H,11,14,16-17,19-20H2,1-2H3,(H,37,38). The SMILES string of the molecule is CC(C)(O)c1ccccc1CCC(SCC1(CC(=O)O)CC1)c1cccc(C=Cc2ccc3sc(F)c(F)c3n2)c1. The third-order valence-electron chi connectivity index (χ3n) is 7.62. The Morgan fingerprint density at radius 2 is 1.90 bits per heavy atom. The fraction of sp³-hybridized carbons (Fsp3) is 0.333. The van der Waals surface area contributed by atoms with Gasteiger partial charge >= 0.3 is 5.97 Å². The van der Waals surface area contributed by atoms with Crippen molar-refractivity contribution in [2.45, 2.75) is 56.8 Å². The first-order valence-corrected chi connectivity index (χ1v) is 15.6. The Kier molecular flexibility index (Phi) is 8.64. The van der Waals surface area contributed by atoms with Gasteiger partial charge in [0.2, 0.25) is 5.13 Å². The number of fused-ring (bicyclic) bond motifs is 1. The maximum absolute atomic E-state index is 14.1. The second-order valence-electron chi connectivity index (χ2n) is 11.4. The Morgan fingerprint density at radius 3 is 2.63 bits per heavy atom. The Labute approximate surface area is 247 Å². The van der Waals surface area contributed by atoms with Crippen LogP contribution in [-0.4, -0.2) is 26.9 Å². The summed E-state index contributed by atoms with van der Waals surface area (Å²) in [7, 11) is 0. The molecule has 1 fully saturated rings. The van der Waals surface area contributed by atoms with Gasteiger partial charge in [-0.2, -0.15) is 16.2 Å². The zero-order chi connectivity index (χ0) is 29.2. The van der Waals surface area contributed by atoms with Crippen molar-refractivity contribution in [2.24, 2.45) is 5.41 Å². The Hall–Kier alpha value is -3.07. The van der Waals surface area contributed by atoms with Gasteiger partial charge in [0, 0.05) is 11.0 Å². The molecule has 4 aromatic rings. The smallest absolute Gasteiger partial charge is 0.303 e. The van der Waals surface area contributed by atoms with Crippen molar-refractivity contribution in [1.29, 1.82) is 0 Å². The lowest BCUT2D eigenvalue weighted by Crippen LogP contribution is -2.18. The average Bonchev–Trinajstić information content (AvgIpc) is 3.63. The molecule has 0 bridgehead atoms. The molecule has 0 aliphatic heterocycles. The summed E-state index contributed by atoms with van der Waals surface area (Å²) >= 11 is 2.56. The van der Waals surface area contributed by atoms with E-state index < -0.39 is 22.5 Å². The summed E-state index contributed by atoms with van der Waals surface area (Å²) in [6.45, 7) is 3.60. The first kappa shape index (κ1) is 29.4. The molecular formula is C33H33F2NO3S2. The highest BCUT2D eigenvalue weighted by Gasteiger charge is 2.44. The number of aromatic nitrogens is 1. The molecule has 5 rings (SSSR count). The number of aliphatic carboxylic acids is 1. The van der Waals surface area contributed by atoms with Gasteiger partial charge < -0.3 is 10.2 Å². The van der Waals surface area contributed by atoms with E-state index in [0.29, 0.717) is 10.4 Å². The van der Waals surface area contributed by atoms with Crippen LogP contribution in [0.2, 0.25) is 0 Å². The van der Waals surface area contributed by atoms with Crippen molar-refractivity contribution < 1.29 is 23.8 Å². The molecule has 0 radical (unpaired) electrons. The van der Waals surface area contributed by atoms with Gasteiger partial charge in [-0.05, 0) is 85.4 Å². The number of carboxylic acids is 1. The largest absolute Gasteiger partial charge is 0.481 e. The predicted octanol–water partition coefficient (Wildman–Crippen LogP) is 8.63. The normalized spacial score (nSPS) is 15.4. The quantitative estimate of drug-likeness (QED) is 0.172. The van der Waals surface area contributed by atoms with Crippen molar-refractivity contribution in [3.63, 3.8) is 0 Å². The van der Waals surface area contributed by atoms with Crippen LogP contribution in [0.5, 0.6) is 0 Å². The van der Waals surface area contributed by atoms with Gasteiger partial charge in [0.25, 0.3) is 0 Å². The van der Waals surface area contributed by atoms with Crippen LogP contribution in [-0.2, 0) is 16.8 Å². The number of hydrogen-bond acceptors (Lipinski definition) is 5. The monoisotopic (exact) mass is 593 g/mol. The number of rotatable bonds is 12. The number of nitrogens with zero attached hydrogens (tertiary/aromatic N) is 1. The van der Waals surface area contributed by atoms with Crippen LogP contribution in [0.25, 0.3) is 22.4 Å². The molecule has 2 aromatic heterocycles. The van der Waals surface area contributed by atoms with E-state index >= 15 is 0 Å². The van der Waals surface area contributed by atoms with Crippen LogP contribution < -0.4 is 0 Å². The van der Waals surface area contributed by atoms with Gasteiger partial charge in [0.1, 0.15) is 5.52 Å². The number of thiophene rings is 1. The number of aryl methyl sites for hydroxylation is 1. The number of carboxylic acid groups (broad SMARTS) is 1. The lowest BCUT2D eigenvalue weighted by atomic mass is 9.90. The number of benzene rings is 2. The van der Waals surface area contributed by atoms with E-state index in [0.717, 1.165) is 65.0 Å². The lowest BCUT2D eigenvalue weighted by molar-refractivity contribution is -0.138. The second-order valence-corrected chi connectivity index (χ2v) is 13.6. The minimum Gasteiger partial charge on any atom is -0.481 e. The number of thioether (sulfide) groups is 1. The van der Waals surface area contributed by atoms with Crippen LogP contribution in [0.3, 0.4) is 0 Å². The molecule has 2 aromatic carbocycles. The summed E-state index contributed by atoms with van der Waals surface area (Å²) in [6, 6.07) is 19.6. The lowest BCUT2D eigenvalue weighted by Gasteiger charge is -2.24. The summed E-state index contributed by atoms with van der Waals surface area (Å²) in [5.74, 6) is -0.878. The number of carbonyl (C=O) groups is 1. The predicted molar refractivity (Wildman–Crippen MR) is 164 cm³/mol. The first-order chi connectivity index (χ1) is 19.5. The van der Waals surface area contributed by atoms with Crippen molar-refractivity contribution in [1.82, 2.24) is 4.98 Å². The molecule has 1 saturated carbocycles. The minimum absolute atomic E-state index is 0.0431. The number of halogens is 2. The van der Waals surface area contributed by atoms with Crippen LogP contribution >= 0.6 is 23.1 Å². The molecule has 8 heteroatoms. The summed E-state index contributed by atoms with van der Waals surface area (Å²) in [4.78, 5) is 15.7. The Morgan fingerprint density at radius 1 is 1.12 bits per heavy atom. The Balaban J connectivity index is 1.38. The van der Waals surface area contributed by atoms with Gasteiger partial charge in [-0.1, -0.05) is 54.6 Å². The van der Waals surface area contributed by atoms with Crippen LogP contribution in [0, 0.1) is 16.4 Å². The van der Waals surface area contributed by atoms with Crippen molar-refractivity contribution in [2.75, 3.05) is 5.75 Å². The number of pyridine rings is 1. The van der Waals surface area contributed by atoms with E-state index in [-0.39, 0.29) is 22.6 Å². The van der Waals surface area contributed by atoms with Gasteiger partial charge in [0.05, 0.1) is 22.4 Å². The molecule has 0 saturated heterocycles. The third-order valence-corrected chi connectivity index (χ3v) is 10.2. The Bertz CT molecular complexity index is 1590. The molecule has 2 heterocycles. The summed E-state index contributed by atoms with van der Waals surface area (Å²) in [6.07, 6.45) is 7.39. The van der Waals surface area contributed by atoms with Gasteiger partial charge in [-0.3, -0.25) is 4.79 Å². The number of hydrogen-bond donors (Lipinski definition) is 2. The average molecular weight is 594 g/mol. The van der Waals surface area contributed by atoms with Gasteiger partial charge in [-0.15, -0.1) is 11.3 Å². The van der Waals surface area contributed by atoms with Gasteiger partial charge in [-0.25, -0.2) is 9.37 Å². The zero-order valence-electron chi connectivity index (χ0n) is 23.1. The first-order valence-electron chi connectivity index (χ1n) is 13.7. The summed E-state index contributed by atoms with van der Waals surface area (Å²) < 4.78 is 28.2. The number of aliphatic hydroxyl groups is 1. The maximum Gasteiger partial charge on any atom is 0.303 e. The molecule has 1 atom stereocenters. The fourth-order valence-electron chi connectivity index (χ4n) is 5.19. The second kappa shape index (κ2) is 12.0. The molecule has 0 amide bonds. The molecule has 41 heavy (non-hydrogen) atoms. The van der Waals surface area contributed by atoms with Crippen molar-refractivity contribution in [3.05, 3.63) is 99.6 Å². The molecular weight excluding hydrogens is 560 g/mol. The fourth-order valence-corrected chi connectivity index (χ4v) is 7.50. The molecule has 1 aliphatic carbocycles. The van der Waals surface area contributed by atoms with E-state index in [1.54, 1.807) is 32.1 Å². The highest BCUT2D eigenvalue weighted by Crippen LogP contribution is 2.53. The van der Waals surface area contributed by atoms with E-state index in [4.69, 9.17) is 0 Å². The van der Waals surface area contributed by atoms with E-state index in [2.05, 4.69) is 23.2 Å².